The van der Waals surface area contributed by atoms with Crippen LogP contribution in [0.15, 0.2) is 27.4 Å². The van der Waals surface area contributed by atoms with Crippen LogP contribution in [0.5, 0.6) is 6.08 Å². The lowest BCUT2D eigenvalue weighted by Gasteiger charge is -2.06. The molecule has 0 aliphatic heterocycles. The van der Waals surface area contributed by atoms with Crippen LogP contribution in [0.1, 0.15) is 20.3 Å². The molecule has 0 aliphatic rings. The molecule has 7 heteroatoms. The number of ether oxygens (including phenoxy) is 2. The molecule has 112 valence electrons. The number of hydrogen-bond donors (Lipinski definition) is 1. The van der Waals surface area contributed by atoms with Crippen molar-refractivity contribution in [3.05, 3.63) is 28.6 Å². The summed E-state index contributed by atoms with van der Waals surface area (Å²) in [5.74, 6) is 0. The molecule has 7 nitrogen and oxygen atoms in total. The normalized spacial score (nSPS) is 10.4. The third kappa shape index (κ3) is 3.71. The van der Waals surface area contributed by atoms with E-state index in [1.165, 1.54) is 6.07 Å². The number of fused-ring (bicyclic) bond motifs is 1. The van der Waals surface area contributed by atoms with E-state index in [1.54, 1.807) is 19.1 Å². The number of aromatic nitrogens is 1. The molecular formula is C14H16N2O5. The highest BCUT2D eigenvalue weighted by Gasteiger charge is 2.09. The van der Waals surface area contributed by atoms with E-state index >= 15 is 0 Å². The second-order valence-corrected chi connectivity index (χ2v) is 4.19. The van der Waals surface area contributed by atoms with Crippen LogP contribution in [-0.2, 0) is 4.74 Å². The molecule has 2 rings (SSSR count). The lowest BCUT2D eigenvalue weighted by atomic mass is 10.2. The number of hydrogen-bond acceptors (Lipinski definition) is 6. The maximum absolute atomic E-state index is 11.9. The van der Waals surface area contributed by atoms with E-state index in [0.29, 0.717) is 17.8 Å². The van der Waals surface area contributed by atoms with E-state index in [4.69, 9.17) is 13.9 Å². The first kappa shape index (κ1) is 14.8. The molecule has 1 aromatic carbocycles. The van der Waals surface area contributed by atoms with Gasteiger partial charge in [0, 0.05) is 5.69 Å². The van der Waals surface area contributed by atoms with Crippen molar-refractivity contribution in [2.75, 3.05) is 18.5 Å². The molecule has 0 saturated heterocycles. The minimum Gasteiger partial charge on any atom is -0.450 e. The van der Waals surface area contributed by atoms with Crippen molar-refractivity contribution in [1.29, 1.82) is 0 Å². The molecule has 1 amide bonds. The first-order valence-corrected chi connectivity index (χ1v) is 6.65. The number of carbonyl (C=O) groups is 1. The lowest BCUT2D eigenvalue weighted by Crippen LogP contribution is -2.13. The van der Waals surface area contributed by atoms with Crippen LogP contribution < -0.4 is 15.7 Å². The summed E-state index contributed by atoms with van der Waals surface area (Å²) in [7, 11) is 0. The fourth-order valence-corrected chi connectivity index (χ4v) is 1.67. The lowest BCUT2D eigenvalue weighted by molar-refractivity contribution is 0.168. The number of anilines is 1. The molecule has 0 bridgehead atoms. The molecule has 1 N–H and O–H groups in total. The van der Waals surface area contributed by atoms with Crippen molar-refractivity contribution in [3.8, 4) is 6.08 Å². The van der Waals surface area contributed by atoms with Gasteiger partial charge in [-0.2, -0.15) is 4.98 Å². The molecular weight excluding hydrogens is 276 g/mol. The Hall–Kier alpha value is -2.57. The zero-order valence-electron chi connectivity index (χ0n) is 11.8. The van der Waals surface area contributed by atoms with Gasteiger partial charge >= 0.3 is 17.8 Å². The summed E-state index contributed by atoms with van der Waals surface area (Å²) in [5, 5.41) is 2.77. The molecule has 0 spiro atoms. The molecule has 0 radical (unpaired) electrons. The van der Waals surface area contributed by atoms with Crippen molar-refractivity contribution in [3.63, 3.8) is 0 Å². The average molecular weight is 292 g/mol. The summed E-state index contributed by atoms with van der Waals surface area (Å²) < 4.78 is 14.9. The molecule has 0 atom stereocenters. The minimum atomic E-state index is -0.586. The Morgan fingerprint density at radius 3 is 2.90 bits per heavy atom. The third-order valence-electron chi connectivity index (χ3n) is 2.56. The summed E-state index contributed by atoms with van der Waals surface area (Å²) in [6.07, 6.45) is 0.142. The maximum Gasteiger partial charge on any atom is 0.411 e. The standard InChI is InChI=1S/C14H16N2O5/c1-3-7-20-14-16-11-6-5-9(15-13(18)19-4-2)8-10(11)12(17)21-14/h5-6,8H,3-4,7H2,1-2H3,(H,15,18). The van der Waals surface area contributed by atoms with E-state index in [2.05, 4.69) is 10.3 Å². The Morgan fingerprint density at radius 2 is 2.19 bits per heavy atom. The zero-order chi connectivity index (χ0) is 15.2. The van der Waals surface area contributed by atoms with Gasteiger partial charge in [-0.05, 0) is 31.5 Å². The van der Waals surface area contributed by atoms with Gasteiger partial charge in [0.2, 0.25) is 0 Å². The van der Waals surface area contributed by atoms with Crippen LogP contribution in [-0.4, -0.2) is 24.3 Å². The van der Waals surface area contributed by atoms with Gasteiger partial charge in [-0.15, -0.1) is 0 Å². The smallest absolute Gasteiger partial charge is 0.411 e. The number of nitrogens with one attached hydrogen (secondary N) is 1. The number of rotatable bonds is 5. The van der Waals surface area contributed by atoms with E-state index in [0.717, 1.165) is 6.42 Å². The van der Waals surface area contributed by atoms with Crippen LogP contribution in [0.25, 0.3) is 10.9 Å². The zero-order valence-corrected chi connectivity index (χ0v) is 11.8. The number of carbonyl (C=O) groups excluding carboxylic acids is 1. The Balaban J connectivity index is 2.29. The van der Waals surface area contributed by atoms with Crippen molar-refractivity contribution >= 4 is 22.7 Å². The van der Waals surface area contributed by atoms with Gasteiger partial charge in [-0.3, -0.25) is 5.32 Å². The van der Waals surface area contributed by atoms with E-state index < -0.39 is 11.7 Å². The molecule has 0 unspecified atom stereocenters. The van der Waals surface area contributed by atoms with Crippen molar-refractivity contribution in [1.82, 2.24) is 4.98 Å². The average Bonchev–Trinajstić information content (AvgIpc) is 2.46. The first-order chi connectivity index (χ1) is 10.1. The molecule has 0 fully saturated rings. The van der Waals surface area contributed by atoms with E-state index in [-0.39, 0.29) is 18.1 Å². The largest absolute Gasteiger partial charge is 0.450 e. The molecule has 0 aliphatic carbocycles. The second kappa shape index (κ2) is 6.74. The SMILES string of the molecule is CCCOc1nc2ccc(NC(=O)OCC)cc2c(=O)o1. The summed E-state index contributed by atoms with van der Waals surface area (Å²) in [4.78, 5) is 27.3. The fraction of sp³-hybridized carbons (Fsp3) is 0.357. The van der Waals surface area contributed by atoms with Crippen LogP contribution >= 0.6 is 0 Å². The van der Waals surface area contributed by atoms with Gasteiger partial charge in [0.05, 0.1) is 24.1 Å². The van der Waals surface area contributed by atoms with E-state index in [1.807, 2.05) is 6.92 Å². The predicted molar refractivity (Wildman–Crippen MR) is 76.7 cm³/mol. The molecule has 21 heavy (non-hydrogen) atoms. The summed E-state index contributed by atoms with van der Waals surface area (Å²) >= 11 is 0. The number of amides is 1. The highest BCUT2D eigenvalue weighted by molar-refractivity contribution is 5.89. The van der Waals surface area contributed by atoms with Crippen LogP contribution in [0.4, 0.5) is 10.5 Å². The Morgan fingerprint density at radius 1 is 1.38 bits per heavy atom. The number of benzene rings is 1. The first-order valence-electron chi connectivity index (χ1n) is 6.65. The minimum absolute atomic E-state index is 0.0551. The quantitative estimate of drug-likeness (QED) is 0.910. The van der Waals surface area contributed by atoms with Crippen LogP contribution in [0.3, 0.4) is 0 Å². The van der Waals surface area contributed by atoms with Gasteiger partial charge in [0.25, 0.3) is 0 Å². The van der Waals surface area contributed by atoms with Gasteiger partial charge in [-0.1, -0.05) is 6.92 Å². The third-order valence-corrected chi connectivity index (χ3v) is 2.56. The van der Waals surface area contributed by atoms with Crippen LogP contribution in [0.2, 0.25) is 0 Å². The van der Waals surface area contributed by atoms with E-state index in [9.17, 15) is 9.59 Å². The Bertz CT molecular complexity index is 695. The summed E-state index contributed by atoms with van der Waals surface area (Å²) in [5.41, 5.74) is 0.294. The van der Waals surface area contributed by atoms with Gasteiger partial charge in [-0.25, -0.2) is 9.59 Å². The highest BCUT2D eigenvalue weighted by atomic mass is 16.6. The molecule has 2 aromatic rings. The second-order valence-electron chi connectivity index (χ2n) is 4.19. The molecule has 1 heterocycles. The summed E-state index contributed by atoms with van der Waals surface area (Å²) in [6.45, 7) is 4.33. The number of nitrogens with zero attached hydrogens (tertiary/aromatic N) is 1. The predicted octanol–water partition coefficient (Wildman–Crippen LogP) is 2.55. The van der Waals surface area contributed by atoms with Crippen molar-refractivity contribution in [2.24, 2.45) is 0 Å². The monoisotopic (exact) mass is 292 g/mol. The Kier molecular flexibility index (Phi) is 4.76. The maximum atomic E-state index is 11.9. The topological polar surface area (TPSA) is 90.7 Å². The van der Waals surface area contributed by atoms with Crippen molar-refractivity contribution in [2.45, 2.75) is 20.3 Å². The molecule has 0 saturated carbocycles. The van der Waals surface area contributed by atoms with Gasteiger partial charge in [0.1, 0.15) is 0 Å². The Labute approximate surface area is 120 Å². The van der Waals surface area contributed by atoms with Gasteiger partial charge < -0.3 is 13.9 Å². The van der Waals surface area contributed by atoms with Crippen LogP contribution in [0, 0.1) is 0 Å². The highest BCUT2D eigenvalue weighted by Crippen LogP contribution is 2.17. The molecule has 1 aromatic heterocycles. The van der Waals surface area contributed by atoms with Gasteiger partial charge in [0.15, 0.2) is 0 Å². The van der Waals surface area contributed by atoms with Crippen molar-refractivity contribution < 1.29 is 18.7 Å². The fourth-order valence-electron chi connectivity index (χ4n) is 1.67. The summed E-state index contributed by atoms with van der Waals surface area (Å²) in [6, 6.07) is 4.70.